The van der Waals surface area contributed by atoms with Crippen molar-refractivity contribution in [1.82, 2.24) is 9.97 Å². The Morgan fingerprint density at radius 1 is 0.786 bits per heavy atom. The van der Waals surface area contributed by atoms with Gasteiger partial charge >= 0.3 is 0 Å². The van der Waals surface area contributed by atoms with Gasteiger partial charge < -0.3 is 14.7 Å². The molecule has 3 nitrogen and oxygen atoms in total. The van der Waals surface area contributed by atoms with Crippen molar-refractivity contribution in [1.29, 1.82) is 0 Å². The van der Waals surface area contributed by atoms with E-state index in [0.29, 0.717) is 0 Å². The highest BCUT2D eigenvalue weighted by Crippen LogP contribution is 2.41. The molecule has 5 rings (SSSR count). The topological polar surface area (TPSA) is 40.8 Å². The van der Waals surface area contributed by atoms with E-state index in [0.717, 1.165) is 21.3 Å². The highest BCUT2D eigenvalue weighted by Gasteiger charge is 2.23. The first-order valence-corrected chi connectivity index (χ1v) is 10.0. The van der Waals surface area contributed by atoms with Gasteiger partial charge in [-0.25, -0.2) is 0 Å². The number of hydrogen-bond acceptors (Lipinski definition) is 1. The first-order valence-electron chi connectivity index (χ1n) is 9.21. The molecule has 5 aromatic rings. The molecule has 2 aromatic heterocycles. The van der Waals surface area contributed by atoms with Crippen LogP contribution in [0.3, 0.4) is 0 Å². The van der Waals surface area contributed by atoms with Crippen LogP contribution in [0.1, 0.15) is 22.6 Å². The first-order chi connectivity index (χ1) is 13.8. The SMILES string of the molecule is COc1ccc(C(c2c[nH]c3ccccc23)c2c[nH]c3ccccc23)cc1Br. The molecule has 2 heterocycles. The molecule has 0 aliphatic heterocycles. The van der Waals surface area contributed by atoms with Gasteiger partial charge in [-0.2, -0.15) is 0 Å². The minimum absolute atomic E-state index is 0.0921. The van der Waals surface area contributed by atoms with E-state index in [-0.39, 0.29) is 5.92 Å². The fourth-order valence-corrected chi connectivity index (χ4v) is 4.61. The molecule has 4 heteroatoms. The van der Waals surface area contributed by atoms with Crippen LogP contribution >= 0.6 is 15.9 Å². The largest absolute Gasteiger partial charge is 0.496 e. The highest BCUT2D eigenvalue weighted by atomic mass is 79.9. The van der Waals surface area contributed by atoms with Gasteiger partial charge in [0.1, 0.15) is 5.75 Å². The van der Waals surface area contributed by atoms with E-state index in [1.165, 1.54) is 27.5 Å². The van der Waals surface area contributed by atoms with Gasteiger partial charge in [0, 0.05) is 40.1 Å². The highest BCUT2D eigenvalue weighted by molar-refractivity contribution is 9.10. The third kappa shape index (κ3) is 2.72. The Hall–Kier alpha value is -2.98. The summed E-state index contributed by atoms with van der Waals surface area (Å²) in [6, 6.07) is 23.3. The molecule has 0 aliphatic carbocycles. The third-order valence-electron chi connectivity index (χ3n) is 5.37. The van der Waals surface area contributed by atoms with Crippen molar-refractivity contribution in [3.63, 3.8) is 0 Å². The average Bonchev–Trinajstić information content (AvgIpc) is 3.34. The van der Waals surface area contributed by atoms with Gasteiger partial charge in [-0.15, -0.1) is 0 Å². The van der Waals surface area contributed by atoms with Crippen LogP contribution in [-0.4, -0.2) is 17.1 Å². The molecule has 0 bridgehead atoms. The molecule has 0 amide bonds. The van der Waals surface area contributed by atoms with E-state index in [9.17, 15) is 0 Å². The predicted octanol–water partition coefficient (Wildman–Crippen LogP) is 6.60. The Morgan fingerprint density at radius 2 is 1.36 bits per heavy atom. The van der Waals surface area contributed by atoms with E-state index >= 15 is 0 Å². The second-order valence-electron chi connectivity index (χ2n) is 6.91. The Kier molecular flexibility index (Phi) is 4.21. The quantitative estimate of drug-likeness (QED) is 0.331. The molecule has 0 unspecified atom stereocenters. The number of H-pyrrole nitrogens is 2. The van der Waals surface area contributed by atoms with Crippen LogP contribution in [0.2, 0.25) is 0 Å². The van der Waals surface area contributed by atoms with Crippen molar-refractivity contribution < 1.29 is 4.74 Å². The molecule has 2 N–H and O–H groups in total. The molecule has 3 aromatic carbocycles. The summed E-state index contributed by atoms with van der Waals surface area (Å²) in [6.07, 6.45) is 4.27. The van der Waals surface area contributed by atoms with Gasteiger partial charge in [-0.3, -0.25) is 0 Å². The van der Waals surface area contributed by atoms with Crippen molar-refractivity contribution in [2.24, 2.45) is 0 Å². The Balaban J connectivity index is 1.78. The fraction of sp³-hybridized carbons (Fsp3) is 0.0833. The van der Waals surface area contributed by atoms with Gasteiger partial charge in [0.25, 0.3) is 0 Å². The van der Waals surface area contributed by atoms with Crippen LogP contribution in [0.5, 0.6) is 5.75 Å². The molecular formula is C24H19BrN2O. The standard InChI is InChI=1S/C24H19BrN2O/c1-28-23-11-10-15(12-20(23)25)24(18-13-26-21-8-4-2-6-16(18)21)19-14-27-22-9-5-3-7-17(19)22/h2-14,24,26-27H,1H3. The summed E-state index contributed by atoms with van der Waals surface area (Å²) < 4.78 is 6.40. The van der Waals surface area contributed by atoms with E-state index in [2.05, 4.69) is 99.0 Å². The zero-order valence-electron chi connectivity index (χ0n) is 15.4. The number of para-hydroxylation sites is 2. The van der Waals surface area contributed by atoms with E-state index in [4.69, 9.17) is 4.74 Å². The van der Waals surface area contributed by atoms with Gasteiger partial charge in [0.15, 0.2) is 0 Å². The first kappa shape index (κ1) is 17.1. The van der Waals surface area contributed by atoms with E-state index in [1.54, 1.807) is 7.11 Å². The van der Waals surface area contributed by atoms with Crippen LogP contribution in [0.15, 0.2) is 83.6 Å². The Bertz CT molecular complexity index is 1210. The van der Waals surface area contributed by atoms with Crippen molar-refractivity contribution in [3.8, 4) is 5.75 Å². The summed E-state index contributed by atoms with van der Waals surface area (Å²) in [4.78, 5) is 6.88. The summed E-state index contributed by atoms with van der Waals surface area (Å²) in [7, 11) is 1.69. The number of aromatic nitrogens is 2. The molecule has 28 heavy (non-hydrogen) atoms. The molecule has 138 valence electrons. The zero-order valence-corrected chi connectivity index (χ0v) is 17.0. The number of benzene rings is 3. The monoisotopic (exact) mass is 430 g/mol. The van der Waals surface area contributed by atoms with Crippen LogP contribution < -0.4 is 4.74 Å². The fourth-order valence-electron chi connectivity index (χ4n) is 4.05. The number of hydrogen-bond donors (Lipinski definition) is 2. The number of ether oxygens (including phenoxy) is 1. The molecule has 0 spiro atoms. The van der Waals surface area contributed by atoms with Crippen LogP contribution in [0.25, 0.3) is 21.8 Å². The minimum Gasteiger partial charge on any atom is -0.496 e. The van der Waals surface area contributed by atoms with E-state index in [1.807, 2.05) is 6.07 Å². The molecule has 0 radical (unpaired) electrons. The maximum Gasteiger partial charge on any atom is 0.133 e. The molecule has 0 saturated carbocycles. The van der Waals surface area contributed by atoms with Gasteiger partial charge in [-0.1, -0.05) is 42.5 Å². The lowest BCUT2D eigenvalue weighted by atomic mass is 9.85. The normalized spacial score (nSPS) is 11.5. The number of rotatable bonds is 4. The number of methoxy groups -OCH3 is 1. The summed E-state index contributed by atoms with van der Waals surface area (Å²) in [6.45, 7) is 0. The zero-order chi connectivity index (χ0) is 19.1. The molecular weight excluding hydrogens is 412 g/mol. The number of aromatic amines is 2. The number of nitrogens with one attached hydrogen (secondary N) is 2. The van der Waals surface area contributed by atoms with Crippen molar-refractivity contribution >= 4 is 37.7 Å². The average molecular weight is 431 g/mol. The summed E-state index contributed by atoms with van der Waals surface area (Å²) in [5.41, 5.74) is 6.03. The maximum atomic E-state index is 5.44. The van der Waals surface area contributed by atoms with Gasteiger partial charge in [0.05, 0.1) is 11.6 Å². The van der Waals surface area contributed by atoms with Crippen molar-refractivity contribution in [3.05, 3.63) is 100 Å². The van der Waals surface area contributed by atoms with Crippen molar-refractivity contribution in [2.75, 3.05) is 7.11 Å². The lowest BCUT2D eigenvalue weighted by Crippen LogP contribution is -2.03. The van der Waals surface area contributed by atoms with E-state index < -0.39 is 0 Å². The van der Waals surface area contributed by atoms with Crippen LogP contribution in [0, 0.1) is 0 Å². The Morgan fingerprint density at radius 3 is 1.89 bits per heavy atom. The number of fused-ring (bicyclic) bond motifs is 2. The Labute approximate surface area is 171 Å². The van der Waals surface area contributed by atoms with Crippen LogP contribution in [-0.2, 0) is 0 Å². The second kappa shape index (κ2) is 6.88. The smallest absolute Gasteiger partial charge is 0.133 e. The summed E-state index contributed by atoms with van der Waals surface area (Å²) >= 11 is 3.66. The molecule has 0 aliphatic rings. The third-order valence-corrected chi connectivity index (χ3v) is 5.99. The minimum atomic E-state index is 0.0921. The van der Waals surface area contributed by atoms with Crippen molar-refractivity contribution in [2.45, 2.75) is 5.92 Å². The second-order valence-corrected chi connectivity index (χ2v) is 7.76. The molecule has 0 saturated heterocycles. The molecule has 0 atom stereocenters. The van der Waals surface area contributed by atoms with Gasteiger partial charge in [0.2, 0.25) is 0 Å². The number of halogens is 1. The van der Waals surface area contributed by atoms with Gasteiger partial charge in [-0.05, 0) is 56.9 Å². The maximum absolute atomic E-state index is 5.44. The summed E-state index contributed by atoms with van der Waals surface area (Å²) in [5.74, 6) is 0.926. The lowest BCUT2D eigenvalue weighted by molar-refractivity contribution is 0.412. The predicted molar refractivity (Wildman–Crippen MR) is 118 cm³/mol. The lowest BCUT2D eigenvalue weighted by Gasteiger charge is -2.18. The molecule has 0 fully saturated rings. The summed E-state index contributed by atoms with van der Waals surface area (Å²) in [5, 5.41) is 2.48. The van der Waals surface area contributed by atoms with Crippen LogP contribution in [0.4, 0.5) is 0 Å².